The van der Waals surface area contributed by atoms with Gasteiger partial charge in [-0.2, -0.15) is 0 Å². The van der Waals surface area contributed by atoms with E-state index in [2.05, 4.69) is 16.3 Å². The second-order valence-corrected chi connectivity index (χ2v) is 2.17. The molecule has 12 heavy (non-hydrogen) atoms. The third-order valence-corrected chi connectivity index (χ3v) is 1.41. The third-order valence-electron chi connectivity index (χ3n) is 1.41. The van der Waals surface area contributed by atoms with Crippen LogP contribution in [0, 0.1) is 0 Å². The van der Waals surface area contributed by atoms with Crippen molar-refractivity contribution in [2.45, 2.75) is 0 Å². The van der Waals surface area contributed by atoms with Crippen molar-refractivity contribution in [3.63, 3.8) is 0 Å². The van der Waals surface area contributed by atoms with E-state index < -0.39 is 5.97 Å². The van der Waals surface area contributed by atoms with Gasteiger partial charge in [-0.25, -0.2) is 9.78 Å². The average molecular weight is 163 g/mol. The van der Waals surface area contributed by atoms with Crippen LogP contribution < -0.4 is 0 Å². The summed E-state index contributed by atoms with van der Waals surface area (Å²) in [6, 6.07) is 3.39. The number of pyridine rings is 1. The minimum atomic E-state index is -0.432. The van der Waals surface area contributed by atoms with E-state index in [1.165, 1.54) is 7.11 Å². The first kappa shape index (κ1) is 8.46. The van der Waals surface area contributed by atoms with Crippen LogP contribution in [0.4, 0.5) is 0 Å². The molecule has 0 aliphatic carbocycles. The Bertz CT molecular complexity index is 307. The SMILES string of the molecule is C=Cc1ccnc(C(=O)OC)c1. The van der Waals surface area contributed by atoms with Gasteiger partial charge in [-0.15, -0.1) is 0 Å². The molecule has 1 aromatic rings. The molecule has 0 saturated heterocycles. The number of methoxy groups -OCH3 is 1. The maximum atomic E-state index is 11.0. The summed E-state index contributed by atoms with van der Waals surface area (Å²) in [5.74, 6) is -0.432. The molecule has 0 amide bonds. The van der Waals surface area contributed by atoms with Crippen LogP contribution in [0.1, 0.15) is 16.1 Å². The molecule has 0 radical (unpaired) electrons. The van der Waals surface area contributed by atoms with Crippen LogP contribution >= 0.6 is 0 Å². The summed E-state index contributed by atoms with van der Waals surface area (Å²) in [7, 11) is 1.32. The Morgan fingerprint density at radius 1 is 1.75 bits per heavy atom. The number of nitrogens with zero attached hydrogens (tertiary/aromatic N) is 1. The van der Waals surface area contributed by atoms with Gasteiger partial charge in [0.2, 0.25) is 0 Å². The molecule has 0 bridgehead atoms. The van der Waals surface area contributed by atoms with Crippen molar-refractivity contribution in [1.29, 1.82) is 0 Å². The first-order valence-electron chi connectivity index (χ1n) is 3.44. The van der Waals surface area contributed by atoms with Gasteiger partial charge >= 0.3 is 5.97 Å². The Morgan fingerprint density at radius 2 is 2.50 bits per heavy atom. The summed E-state index contributed by atoms with van der Waals surface area (Å²) in [6.45, 7) is 3.58. The fraction of sp³-hybridized carbons (Fsp3) is 0.111. The Balaban J connectivity index is 3.01. The van der Waals surface area contributed by atoms with E-state index in [1.54, 1.807) is 24.4 Å². The fourth-order valence-electron chi connectivity index (χ4n) is 0.790. The highest BCUT2D eigenvalue weighted by Crippen LogP contribution is 2.03. The van der Waals surface area contributed by atoms with Gasteiger partial charge in [0.25, 0.3) is 0 Å². The molecule has 3 heteroatoms. The van der Waals surface area contributed by atoms with Gasteiger partial charge in [-0.05, 0) is 17.7 Å². The lowest BCUT2D eigenvalue weighted by molar-refractivity contribution is 0.0594. The summed E-state index contributed by atoms with van der Waals surface area (Å²) in [6.07, 6.45) is 3.19. The molecule has 1 rings (SSSR count). The number of carbonyl (C=O) groups is 1. The molecule has 0 N–H and O–H groups in total. The highest BCUT2D eigenvalue weighted by molar-refractivity contribution is 5.87. The predicted molar refractivity (Wildman–Crippen MR) is 45.7 cm³/mol. The van der Waals surface area contributed by atoms with Crippen molar-refractivity contribution in [2.75, 3.05) is 7.11 Å². The summed E-state index contributed by atoms with van der Waals surface area (Å²) < 4.78 is 4.50. The molecule has 0 unspecified atom stereocenters. The van der Waals surface area contributed by atoms with Crippen LogP contribution in [0.3, 0.4) is 0 Å². The lowest BCUT2D eigenvalue weighted by atomic mass is 10.2. The molecular weight excluding hydrogens is 154 g/mol. The number of carbonyl (C=O) groups excluding carboxylic acids is 1. The van der Waals surface area contributed by atoms with Crippen molar-refractivity contribution in [2.24, 2.45) is 0 Å². The molecule has 1 aromatic heterocycles. The van der Waals surface area contributed by atoms with Gasteiger partial charge in [-0.3, -0.25) is 0 Å². The molecule has 0 fully saturated rings. The van der Waals surface area contributed by atoms with Gasteiger partial charge in [0.15, 0.2) is 0 Å². The normalized spacial score (nSPS) is 9.08. The predicted octanol–water partition coefficient (Wildman–Crippen LogP) is 1.51. The topological polar surface area (TPSA) is 39.2 Å². The maximum absolute atomic E-state index is 11.0. The molecule has 0 aromatic carbocycles. The third kappa shape index (κ3) is 1.69. The molecule has 0 atom stereocenters. The first-order chi connectivity index (χ1) is 5.77. The van der Waals surface area contributed by atoms with E-state index in [0.29, 0.717) is 5.69 Å². The Morgan fingerprint density at radius 3 is 3.08 bits per heavy atom. The van der Waals surface area contributed by atoms with Crippen molar-refractivity contribution < 1.29 is 9.53 Å². The minimum Gasteiger partial charge on any atom is -0.464 e. The van der Waals surface area contributed by atoms with E-state index in [-0.39, 0.29) is 0 Å². The Hall–Kier alpha value is -1.64. The lowest BCUT2D eigenvalue weighted by Crippen LogP contribution is -2.03. The fourth-order valence-corrected chi connectivity index (χ4v) is 0.790. The number of rotatable bonds is 2. The highest BCUT2D eigenvalue weighted by Gasteiger charge is 2.05. The second kappa shape index (κ2) is 3.67. The molecule has 1 heterocycles. The average Bonchev–Trinajstić information content (AvgIpc) is 2.17. The quantitative estimate of drug-likeness (QED) is 0.620. The zero-order valence-electron chi connectivity index (χ0n) is 6.78. The van der Waals surface area contributed by atoms with Crippen molar-refractivity contribution in [3.05, 3.63) is 36.2 Å². The van der Waals surface area contributed by atoms with E-state index >= 15 is 0 Å². The van der Waals surface area contributed by atoms with Crippen LogP contribution in [0.5, 0.6) is 0 Å². The van der Waals surface area contributed by atoms with Crippen molar-refractivity contribution in [1.82, 2.24) is 4.98 Å². The number of aromatic nitrogens is 1. The van der Waals surface area contributed by atoms with E-state index in [1.807, 2.05) is 0 Å². The van der Waals surface area contributed by atoms with E-state index in [4.69, 9.17) is 0 Å². The standard InChI is InChI=1S/C9H9NO2/c1-3-7-4-5-10-8(6-7)9(11)12-2/h3-6H,1H2,2H3. The van der Waals surface area contributed by atoms with Gasteiger partial charge in [0.05, 0.1) is 7.11 Å². The van der Waals surface area contributed by atoms with Crippen LogP contribution in [-0.4, -0.2) is 18.1 Å². The monoisotopic (exact) mass is 163 g/mol. The largest absolute Gasteiger partial charge is 0.464 e. The highest BCUT2D eigenvalue weighted by atomic mass is 16.5. The van der Waals surface area contributed by atoms with E-state index in [0.717, 1.165) is 5.56 Å². The smallest absolute Gasteiger partial charge is 0.356 e. The van der Waals surface area contributed by atoms with Crippen LogP contribution in [0.15, 0.2) is 24.9 Å². The van der Waals surface area contributed by atoms with E-state index in [9.17, 15) is 4.79 Å². The number of hydrogen-bond donors (Lipinski definition) is 0. The van der Waals surface area contributed by atoms with Gasteiger partial charge in [0, 0.05) is 6.20 Å². The second-order valence-electron chi connectivity index (χ2n) is 2.17. The van der Waals surface area contributed by atoms with Gasteiger partial charge in [0.1, 0.15) is 5.69 Å². The summed E-state index contributed by atoms with van der Waals surface area (Å²) in [5, 5.41) is 0. The van der Waals surface area contributed by atoms with Crippen LogP contribution in [-0.2, 0) is 4.74 Å². The molecule has 3 nitrogen and oxygen atoms in total. The molecule has 0 spiro atoms. The minimum absolute atomic E-state index is 0.301. The number of ether oxygens (including phenoxy) is 1. The number of esters is 1. The molecular formula is C9H9NO2. The molecule has 0 aliphatic rings. The Labute approximate surface area is 70.7 Å². The van der Waals surface area contributed by atoms with Crippen molar-refractivity contribution >= 4 is 12.0 Å². The van der Waals surface area contributed by atoms with Crippen LogP contribution in [0.2, 0.25) is 0 Å². The van der Waals surface area contributed by atoms with Gasteiger partial charge < -0.3 is 4.74 Å². The number of hydrogen-bond acceptors (Lipinski definition) is 3. The lowest BCUT2D eigenvalue weighted by Gasteiger charge is -1.98. The first-order valence-corrected chi connectivity index (χ1v) is 3.44. The Kier molecular flexibility index (Phi) is 2.58. The molecule has 62 valence electrons. The zero-order valence-corrected chi connectivity index (χ0v) is 6.78. The maximum Gasteiger partial charge on any atom is 0.356 e. The molecule has 0 saturated carbocycles. The zero-order chi connectivity index (χ0) is 8.97. The summed E-state index contributed by atoms with van der Waals surface area (Å²) in [4.78, 5) is 14.8. The molecule has 0 aliphatic heterocycles. The van der Waals surface area contributed by atoms with Crippen molar-refractivity contribution in [3.8, 4) is 0 Å². The van der Waals surface area contributed by atoms with Gasteiger partial charge in [-0.1, -0.05) is 12.7 Å². The summed E-state index contributed by atoms with van der Waals surface area (Å²) >= 11 is 0. The van der Waals surface area contributed by atoms with Crippen LogP contribution in [0.25, 0.3) is 6.08 Å². The summed E-state index contributed by atoms with van der Waals surface area (Å²) in [5.41, 5.74) is 1.15.